The van der Waals surface area contributed by atoms with Crippen LogP contribution >= 0.6 is 0 Å². The van der Waals surface area contributed by atoms with Crippen LogP contribution in [-0.4, -0.2) is 19.6 Å². The molecule has 1 N–H and O–H groups in total. The van der Waals surface area contributed by atoms with E-state index in [9.17, 15) is 13.6 Å². The van der Waals surface area contributed by atoms with Crippen LogP contribution in [-0.2, 0) is 11.2 Å². The minimum absolute atomic E-state index is 0.0142. The van der Waals surface area contributed by atoms with Crippen LogP contribution in [0.1, 0.15) is 12.5 Å². The summed E-state index contributed by atoms with van der Waals surface area (Å²) < 4.78 is 31.7. The van der Waals surface area contributed by atoms with Crippen molar-refractivity contribution in [3.8, 4) is 5.75 Å². The Hall–Kier alpha value is -1.65. The smallest absolute Gasteiger partial charge is 0.224 e. The summed E-state index contributed by atoms with van der Waals surface area (Å²) in [6, 6.07) is 1.94. The van der Waals surface area contributed by atoms with Crippen molar-refractivity contribution < 1.29 is 18.3 Å². The van der Waals surface area contributed by atoms with E-state index < -0.39 is 11.6 Å². The number of likely N-dealkylation sites (N-methyl/N-ethyl adjacent to an activating group) is 1. The quantitative estimate of drug-likeness (QED) is 0.852. The first-order valence-corrected chi connectivity index (χ1v) is 4.89. The lowest BCUT2D eigenvalue weighted by Crippen LogP contribution is -2.20. The predicted molar refractivity (Wildman–Crippen MR) is 55.3 cm³/mol. The van der Waals surface area contributed by atoms with Crippen LogP contribution in [0.4, 0.5) is 8.78 Å². The molecule has 0 saturated carbocycles. The topological polar surface area (TPSA) is 38.3 Å². The number of hydrogen-bond donors (Lipinski definition) is 1. The van der Waals surface area contributed by atoms with Crippen LogP contribution in [0, 0.1) is 11.6 Å². The second-order valence-corrected chi connectivity index (χ2v) is 3.16. The largest absolute Gasteiger partial charge is 0.491 e. The molecule has 0 aromatic heterocycles. The van der Waals surface area contributed by atoms with Gasteiger partial charge in [-0.25, -0.2) is 8.78 Å². The molecule has 0 spiro atoms. The Balaban J connectivity index is 2.96. The van der Waals surface area contributed by atoms with Crippen LogP contribution in [0.2, 0.25) is 0 Å². The van der Waals surface area contributed by atoms with Gasteiger partial charge in [-0.15, -0.1) is 0 Å². The molecule has 0 unspecified atom stereocenters. The standard InChI is InChI=1S/C11H13F2NO2/c1-3-16-10-6-8(12)7(4-9(10)13)5-11(15)14-2/h4,6H,3,5H2,1-2H3,(H,14,15). The Morgan fingerprint density at radius 1 is 1.38 bits per heavy atom. The second-order valence-electron chi connectivity index (χ2n) is 3.16. The zero-order chi connectivity index (χ0) is 12.1. The second kappa shape index (κ2) is 5.44. The highest BCUT2D eigenvalue weighted by atomic mass is 19.1. The summed E-state index contributed by atoms with van der Waals surface area (Å²) >= 11 is 0. The molecule has 16 heavy (non-hydrogen) atoms. The predicted octanol–water partition coefficient (Wildman–Crippen LogP) is 1.65. The van der Waals surface area contributed by atoms with E-state index in [1.54, 1.807) is 6.92 Å². The fourth-order valence-electron chi connectivity index (χ4n) is 1.23. The van der Waals surface area contributed by atoms with Crippen LogP contribution < -0.4 is 10.1 Å². The number of nitrogens with one attached hydrogen (secondary N) is 1. The minimum Gasteiger partial charge on any atom is -0.491 e. The molecule has 0 aliphatic carbocycles. The molecule has 0 atom stereocenters. The van der Waals surface area contributed by atoms with Gasteiger partial charge in [-0.1, -0.05) is 0 Å². The molecule has 1 aromatic carbocycles. The highest BCUT2D eigenvalue weighted by Gasteiger charge is 2.12. The van der Waals surface area contributed by atoms with Crippen molar-refractivity contribution in [1.29, 1.82) is 0 Å². The molecule has 0 aliphatic heterocycles. The van der Waals surface area contributed by atoms with E-state index >= 15 is 0 Å². The van der Waals surface area contributed by atoms with Crippen LogP contribution in [0.15, 0.2) is 12.1 Å². The Labute approximate surface area is 92.4 Å². The average molecular weight is 229 g/mol. The molecule has 0 heterocycles. The number of amides is 1. The van der Waals surface area contributed by atoms with Crippen LogP contribution in [0.25, 0.3) is 0 Å². The van der Waals surface area contributed by atoms with Gasteiger partial charge in [0.2, 0.25) is 5.91 Å². The van der Waals surface area contributed by atoms with Crippen LogP contribution in [0.5, 0.6) is 5.75 Å². The number of hydrogen-bond acceptors (Lipinski definition) is 2. The third-order valence-corrected chi connectivity index (χ3v) is 2.03. The van der Waals surface area contributed by atoms with Gasteiger partial charge in [0.05, 0.1) is 13.0 Å². The number of ether oxygens (including phenoxy) is 1. The van der Waals surface area contributed by atoms with Crippen molar-refractivity contribution in [2.45, 2.75) is 13.3 Å². The molecule has 0 saturated heterocycles. The molecule has 3 nitrogen and oxygen atoms in total. The fraction of sp³-hybridized carbons (Fsp3) is 0.364. The maximum Gasteiger partial charge on any atom is 0.224 e. The monoisotopic (exact) mass is 229 g/mol. The van der Waals surface area contributed by atoms with E-state index in [0.29, 0.717) is 0 Å². The number of halogens is 2. The summed E-state index contributed by atoms with van der Waals surface area (Å²) in [6.45, 7) is 1.93. The number of benzene rings is 1. The fourth-order valence-corrected chi connectivity index (χ4v) is 1.23. The van der Waals surface area contributed by atoms with Crippen LogP contribution in [0.3, 0.4) is 0 Å². The molecule has 88 valence electrons. The summed E-state index contributed by atoms with van der Waals surface area (Å²) in [5.74, 6) is -1.82. The molecule has 0 aliphatic rings. The third kappa shape index (κ3) is 2.92. The average Bonchev–Trinajstić information content (AvgIpc) is 2.25. The first-order chi connectivity index (χ1) is 7.58. The molecule has 0 radical (unpaired) electrons. The highest BCUT2D eigenvalue weighted by Crippen LogP contribution is 2.21. The van der Waals surface area contributed by atoms with E-state index in [-0.39, 0.29) is 30.2 Å². The summed E-state index contributed by atoms with van der Waals surface area (Å²) in [5.41, 5.74) is 0.0142. The number of carbonyl (C=O) groups is 1. The highest BCUT2D eigenvalue weighted by molar-refractivity contribution is 5.78. The molecule has 1 rings (SSSR count). The Bertz CT molecular complexity index is 394. The van der Waals surface area contributed by atoms with Gasteiger partial charge in [0, 0.05) is 18.7 Å². The van der Waals surface area contributed by atoms with E-state index in [1.165, 1.54) is 7.05 Å². The Morgan fingerprint density at radius 2 is 2.06 bits per heavy atom. The molecule has 1 aromatic rings. The normalized spacial score (nSPS) is 10.0. The molecular weight excluding hydrogens is 216 g/mol. The van der Waals surface area contributed by atoms with E-state index in [1.807, 2.05) is 0 Å². The Kier molecular flexibility index (Phi) is 4.22. The minimum atomic E-state index is -0.665. The maximum absolute atomic E-state index is 13.4. The summed E-state index contributed by atoms with van der Waals surface area (Å²) in [5, 5.41) is 2.34. The lowest BCUT2D eigenvalue weighted by molar-refractivity contribution is -0.120. The molecule has 0 bridgehead atoms. The van der Waals surface area contributed by atoms with Crippen molar-refractivity contribution in [2.24, 2.45) is 0 Å². The molecular formula is C11H13F2NO2. The van der Waals surface area contributed by atoms with E-state index in [2.05, 4.69) is 5.32 Å². The number of carbonyl (C=O) groups excluding carboxylic acids is 1. The zero-order valence-electron chi connectivity index (χ0n) is 9.14. The van der Waals surface area contributed by atoms with Gasteiger partial charge in [0.1, 0.15) is 5.82 Å². The lowest BCUT2D eigenvalue weighted by atomic mass is 10.1. The third-order valence-electron chi connectivity index (χ3n) is 2.03. The Morgan fingerprint density at radius 3 is 2.62 bits per heavy atom. The van der Waals surface area contributed by atoms with Gasteiger partial charge in [0.15, 0.2) is 11.6 Å². The summed E-state index contributed by atoms with van der Waals surface area (Å²) in [6.07, 6.45) is -0.189. The lowest BCUT2D eigenvalue weighted by Gasteiger charge is -2.08. The number of rotatable bonds is 4. The van der Waals surface area contributed by atoms with E-state index in [4.69, 9.17) is 4.74 Å². The van der Waals surface area contributed by atoms with Gasteiger partial charge in [-0.2, -0.15) is 0 Å². The van der Waals surface area contributed by atoms with Crippen molar-refractivity contribution in [2.75, 3.05) is 13.7 Å². The van der Waals surface area contributed by atoms with Crippen molar-refractivity contribution >= 4 is 5.91 Å². The molecule has 5 heteroatoms. The molecule has 1 amide bonds. The first kappa shape index (κ1) is 12.4. The first-order valence-electron chi connectivity index (χ1n) is 4.89. The van der Waals surface area contributed by atoms with Crippen molar-refractivity contribution in [3.63, 3.8) is 0 Å². The van der Waals surface area contributed by atoms with Gasteiger partial charge in [-0.05, 0) is 13.0 Å². The SMILES string of the molecule is CCOc1cc(F)c(CC(=O)NC)cc1F. The molecule has 0 fully saturated rings. The van der Waals surface area contributed by atoms with Gasteiger partial charge in [0.25, 0.3) is 0 Å². The van der Waals surface area contributed by atoms with Gasteiger partial charge in [-0.3, -0.25) is 4.79 Å². The zero-order valence-corrected chi connectivity index (χ0v) is 9.14. The van der Waals surface area contributed by atoms with Gasteiger partial charge >= 0.3 is 0 Å². The van der Waals surface area contributed by atoms with Crippen molar-refractivity contribution in [1.82, 2.24) is 5.32 Å². The summed E-state index contributed by atoms with van der Waals surface area (Å²) in [7, 11) is 1.44. The van der Waals surface area contributed by atoms with Crippen molar-refractivity contribution in [3.05, 3.63) is 29.3 Å². The van der Waals surface area contributed by atoms with E-state index in [0.717, 1.165) is 12.1 Å². The maximum atomic E-state index is 13.4. The van der Waals surface area contributed by atoms with Gasteiger partial charge < -0.3 is 10.1 Å². The summed E-state index contributed by atoms with van der Waals surface area (Å²) in [4.78, 5) is 11.0.